The van der Waals surface area contributed by atoms with Gasteiger partial charge in [-0.25, -0.2) is 9.97 Å². The molecule has 0 spiro atoms. The number of hydrogen-bond acceptors (Lipinski definition) is 9. The van der Waals surface area contributed by atoms with Crippen molar-refractivity contribution in [2.24, 2.45) is 0 Å². The quantitative estimate of drug-likeness (QED) is 0.455. The van der Waals surface area contributed by atoms with E-state index >= 15 is 0 Å². The fourth-order valence-electron chi connectivity index (χ4n) is 1.99. The molecule has 24 heavy (non-hydrogen) atoms. The van der Waals surface area contributed by atoms with E-state index in [2.05, 4.69) is 47.8 Å². The van der Waals surface area contributed by atoms with Gasteiger partial charge in [-0.2, -0.15) is 9.97 Å². The maximum atomic E-state index is 9.41. The minimum Gasteiger partial charge on any atom is -0.392 e. The Morgan fingerprint density at radius 1 is 1.00 bits per heavy atom. The van der Waals surface area contributed by atoms with Gasteiger partial charge in [0.2, 0.25) is 11.9 Å². The lowest BCUT2D eigenvalue weighted by molar-refractivity contribution is 0.208. The Bertz CT molecular complexity index is 731. The summed E-state index contributed by atoms with van der Waals surface area (Å²) >= 11 is 0. The van der Waals surface area contributed by atoms with E-state index in [9.17, 15) is 5.11 Å². The summed E-state index contributed by atoms with van der Waals surface area (Å²) in [6.07, 6.45) is -0.504. The van der Waals surface area contributed by atoms with Gasteiger partial charge in [0.15, 0.2) is 11.6 Å². The maximum absolute atomic E-state index is 9.41. The first-order valence-corrected chi connectivity index (χ1v) is 7.70. The molecule has 0 unspecified atom stereocenters. The molecule has 0 radical (unpaired) electrons. The highest BCUT2D eigenvalue weighted by Crippen LogP contribution is 2.26. The molecule has 5 N–H and O–H groups in total. The van der Waals surface area contributed by atoms with Crippen molar-refractivity contribution >= 4 is 34.6 Å². The van der Waals surface area contributed by atoms with Crippen LogP contribution in [0.5, 0.6) is 0 Å². The van der Waals surface area contributed by atoms with Crippen LogP contribution in [-0.4, -0.2) is 58.3 Å². The van der Waals surface area contributed by atoms with Crippen molar-refractivity contribution in [2.45, 2.75) is 20.0 Å². The molecule has 1 atom stereocenters. The predicted molar refractivity (Wildman–Crippen MR) is 97.7 cm³/mol. The molecule has 9 nitrogen and oxygen atoms in total. The third-order valence-corrected chi connectivity index (χ3v) is 3.12. The van der Waals surface area contributed by atoms with Gasteiger partial charge in [-0.3, -0.25) is 0 Å². The van der Waals surface area contributed by atoms with Gasteiger partial charge in [-0.15, -0.1) is 0 Å². The number of rotatable bonds is 8. The second-order valence-corrected chi connectivity index (χ2v) is 5.53. The second-order valence-electron chi connectivity index (χ2n) is 5.53. The molecule has 0 bridgehead atoms. The maximum Gasteiger partial charge on any atom is 0.225 e. The summed E-state index contributed by atoms with van der Waals surface area (Å²) in [4.78, 5) is 17.8. The Balaban J connectivity index is 2.49. The third kappa shape index (κ3) is 4.19. The fraction of sp³-hybridized carbons (Fsp3) is 0.467. The molecule has 0 fully saturated rings. The topological polar surface area (TPSA) is 120 Å². The average Bonchev–Trinajstić information content (AvgIpc) is 2.56. The molecule has 2 aromatic heterocycles. The lowest BCUT2D eigenvalue weighted by Gasteiger charge is -2.13. The molecule has 2 rings (SSSR count). The SMILES string of the molecule is C=C(C)CNc1nc(NC)c2nc(NC[C@H](C)O)nc(NC)c2n1. The number of aromatic nitrogens is 4. The van der Waals surface area contributed by atoms with Crippen LogP contribution in [0.3, 0.4) is 0 Å². The molecule has 2 heterocycles. The first-order chi connectivity index (χ1) is 11.4. The van der Waals surface area contributed by atoms with Crippen LogP contribution < -0.4 is 21.3 Å². The van der Waals surface area contributed by atoms with Crippen molar-refractivity contribution < 1.29 is 5.11 Å². The van der Waals surface area contributed by atoms with Crippen molar-refractivity contribution in [3.63, 3.8) is 0 Å². The second kappa shape index (κ2) is 7.73. The normalized spacial score (nSPS) is 11.9. The lowest BCUT2D eigenvalue weighted by Crippen LogP contribution is -2.18. The first kappa shape index (κ1) is 17.7. The van der Waals surface area contributed by atoms with Gasteiger partial charge in [0, 0.05) is 27.2 Å². The smallest absolute Gasteiger partial charge is 0.225 e. The lowest BCUT2D eigenvalue weighted by atomic mass is 10.3. The zero-order valence-electron chi connectivity index (χ0n) is 14.4. The van der Waals surface area contributed by atoms with Crippen LogP contribution in [0.4, 0.5) is 23.5 Å². The number of nitrogens with one attached hydrogen (secondary N) is 4. The summed E-state index contributed by atoms with van der Waals surface area (Å²) in [5.41, 5.74) is 2.17. The summed E-state index contributed by atoms with van der Waals surface area (Å²) in [7, 11) is 3.54. The van der Waals surface area contributed by atoms with E-state index in [0.717, 1.165) is 5.57 Å². The Morgan fingerprint density at radius 2 is 1.50 bits per heavy atom. The largest absolute Gasteiger partial charge is 0.392 e. The minimum atomic E-state index is -0.504. The van der Waals surface area contributed by atoms with Crippen molar-refractivity contribution in [1.29, 1.82) is 0 Å². The Morgan fingerprint density at radius 3 is 1.92 bits per heavy atom. The van der Waals surface area contributed by atoms with E-state index in [-0.39, 0.29) is 0 Å². The molecule has 0 aliphatic carbocycles. The van der Waals surface area contributed by atoms with E-state index < -0.39 is 6.10 Å². The van der Waals surface area contributed by atoms with E-state index in [0.29, 0.717) is 47.7 Å². The van der Waals surface area contributed by atoms with Gasteiger partial charge >= 0.3 is 0 Å². The molecule has 0 amide bonds. The molecular weight excluding hydrogens is 308 g/mol. The van der Waals surface area contributed by atoms with Crippen molar-refractivity contribution in [1.82, 2.24) is 19.9 Å². The van der Waals surface area contributed by atoms with Crippen LogP contribution in [0, 0.1) is 0 Å². The standard InChI is InChI=1S/C15H24N8O/c1-8(2)6-18-14-20-10-11(12(16-4)22-14)21-15(19-7-9(3)24)23-13(10)17-5/h9,24H,1,6-7H2,2-5H3,(H2,16,18,20,22)(H2,17,19,21,23)/t9-/m0/s1. The number of nitrogens with zero attached hydrogens (tertiary/aromatic N) is 4. The third-order valence-electron chi connectivity index (χ3n) is 3.12. The van der Waals surface area contributed by atoms with Crippen LogP contribution in [0.25, 0.3) is 11.0 Å². The van der Waals surface area contributed by atoms with Gasteiger partial charge in [0.05, 0.1) is 6.10 Å². The Hall–Kier alpha value is -2.68. The summed E-state index contributed by atoms with van der Waals surface area (Å²) in [6.45, 7) is 8.40. The van der Waals surface area contributed by atoms with Crippen molar-refractivity contribution in [3.05, 3.63) is 12.2 Å². The minimum absolute atomic E-state index is 0.350. The van der Waals surface area contributed by atoms with E-state index in [1.807, 2.05) is 6.92 Å². The van der Waals surface area contributed by atoms with Gasteiger partial charge in [0.1, 0.15) is 11.0 Å². The molecular formula is C15H24N8O. The number of anilines is 4. The first-order valence-electron chi connectivity index (χ1n) is 7.70. The van der Waals surface area contributed by atoms with Crippen LogP contribution in [0.2, 0.25) is 0 Å². The molecule has 0 aromatic carbocycles. The Labute approximate surface area is 141 Å². The van der Waals surface area contributed by atoms with Gasteiger partial charge in [-0.1, -0.05) is 12.2 Å². The molecule has 0 aliphatic rings. The van der Waals surface area contributed by atoms with Crippen LogP contribution >= 0.6 is 0 Å². The number of hydrogen-bond donors (Lipinski definition) is 5. The zero-order chi connectivity index (χ0) is 17.7. The number of aliphatic hydroxyl groups excluding tert-OH is 1. The van der Waals surface area contributed by atoms with Crippen LogP contribution in [-0.2, 0) is 0 Å². The molecule has 0 aliphatic heterocycles. The molecule has 2 aromatic rings. The number of aliphatic hydroxyl groups is 1. The fourth-order valence-corrected chi connectivity index (χ4v) is 1.99. The molecule has 9 heteroatoms. The highest BCUT2D eigenvalue weighted by Gasteiger charge is 2.15. The van der Waals surface area contributed by atoms with Gasteiger partial charge in [-0.05, 0) is 13.8 Å². The highest BCUT2D eigenvalue weighted by atomic mass is 16.3. The highest BCUT2D eigenvalue weighted by molar-refractivity contribution is 5.94. The summed E-state index contributed by atoms with van der Waals surface area (Å²) in [5.74, 6) is 2.03. The molecule has 0 saturated heterocycles. The number of fused-ring (bicyclic) bond motifs is 1. The van der Waals surface area contributed by atoms with E-state index in [1.54, 1.807) is 21.0 Å². The molecule has 130 valence electrons. The van der Waals surface area contributed by atoms with E-state index in [4.69, 9.17) is 0 Å². The molecule has 0 saturated carbocycles. The van der Waals surface area contributed by atoms with Gasteiger partial charge < -0.3 is 26.4 Å². The van der Waals surface area contributed by atoms with E-state index in [1.165, 1.54) is 0 Å². The summed E-state index contributed by atoms with van der Waals surface area (Å²) < 4.78 is 0. The average molecular weight is 332 g/mol. The summed E-state index contributed by atoms with van der Waals surface area (Å²) in [6, 6.07) is 0. The summed E-state index contributed by atoms with van der Waals surface area (Å²) in [5, 5.41) is 21.6. The predicted octanol–water partition coefficient (Wildman–Crippen LogP) is 1.28. The Kier molecular flexibility index (Phi) is 5.69. The monoisotopic (exact) mass is 332 g/mol. The van der Waals surface area contributed by atoms with Crippen LogP contribution in [0.15, 0.2) is 12.2 Å². The van der Waals surface area contributed by atoms with Crippen molar-refractivity contribution in [3.8, 4) is 0 Å². The van der Waals surface area contributed by atoms with Crippen molar-refractivity contribution in [2.75, 3.05) is 48.5 Å². The van der Waals surface area contributed by atoms with Gasteiger partial charge in [0.25, 0.3) is 0 Å². The zero-order valence-corrected chi connectivity index (χ0v) is 14.4. The van der Waals surface area contributed by atoms with Crippen LogP contribution in [0.1, 0.15) is 13.8 Å².